The molecule has 0 spiro atoms. The molecule has 1 heterocycles. The number of rotatable bonds is 4. The Kier molecular flexibility index (Phi) is 5.39. The zero-order valence-corrected chi connectivity index (χ0v) is 22.8. The second kappa shape index (κ2) is 9.39. The van der Waals surface area contributed by atoms with Crippen LogP contribution >= 0.6 is 0 Å². The fourth-order valence-corrected chi connectivity index (χ4v) is 6.24. The highest BCUT2D eigenvalue weighted by Crippen LogP contribution is 2.39. The van der Waals surface area contributed by atoms with Crippen molar-refractivity contribution in [3.8, 4) is 16.8 Å². The van der Waals surface area contributed by atoms with Crippen molar-refractivity contribution in [3.63, 3.8) is 0 Å². The van der Waals surface area contributed by atoms with Crippen molar-refractivity contribution in [1.29, 1.82) is 0 Å². The summed E-state index contributed by atoms with van der Waals surface area (Å²) in [5.41, 5.74) is 8.40. The summed E-state index contributed by atoms with van der Waals surface area (Å²) in [4.78, 5) is 2.22. The maximum Gasteiger partial charge on any atom is 0.0547 e. The van der Waals surface area contributed by atoms with E-state index >= 15 is 0 Å². The lowest BCUT2D eigenvalue weighted by Gasteiger charge is -2.19. The standard InChI is InChI=1S/C39H28N2/c1-40(32-12-3-2-4-13-32)33-20-15-28(16-21-33)31-19-23-37-36(26-31)39-35-14-8-7-10-29(35)18-24-38(39)41(37)34-22-17-27-9-5-6-11-30(27)25-34/h2-26H,1H3. The van der Waals surface area contributed by atoms with Crippen molar-refractivity contribution in [2.45, 2.75) is 0 Å². The lowest BCUT2D eigenvalue weighted by atomic mass is 10.00. The molecule has 8 aromatic rings. The zero-order valence-electron chi connectivity index (χ0n) is 22.8. The molecular weight excluding hydrogens is 496 g/mol. The van der Waals surface area contributed by atoms with Crippen molar-refractivity contribution >= 4 is 54.7 Å². The van der Waals surface area contributed by atoms with Gasteiger partial charge in [-0.25, -0.2) is 0 Å². The fraction of sp³-hybridized carbons (Fsp3) is 0.0256. The Balaban J connectivity index is 1.32. The van der Waals surface area contributed by atoms with Crippen LogP contribution in [0.1, 0.15) is 0 Å². The molecular formula is C39H28N2. The molecule has 0 radical (unpaired) electrons. The molecule has 7 aromatic carbocycles. The van der Waals surface area contributed by atoms with Crippen LogP contribution in [0.2, 0.25) is 0 Å². The number of para-hydroxylation sites is 1. The van der Waals surface area contributed by atoms with Crippen molar-refractivity contribution in [2.75, 3.05) is 11.9 Å². The van der Waals surface area contributed by atoms with E-state index in [1.807, 2.05) is 0 Å². The predicted molar refractivity (Wildman–Crippen MR) is 176 cm³/mol. The van der Waals surface area contributed by atoms with E-state index in [2.05, 4.69) is 168 Å². The molecule has 0 aliphatic heterocycles. The van der Waals surface area contributed by atoms with Gasteiger partial charge < -0.3 is 9.47 Å². The van der Waals surface area contributed by atoms with Gasteiger partial charge >= 0.3 is 0 Å². The van der Waals surface area contributed by atoms with Crippen LogP contribution in [0, 0.1) is 0 Å². The molecule has 0 N–H and O–H groups in total. The zero-order chi connectivity index (χ0) is 27.3. The first-order valence-electron chi connectivity index (χ1n) is 14.1. The summed E-state index contributed by atoms with van der Waals surface area (Å²) < 4.78 is 2.42. The third kappa shape index (κ3) is 3.88. The summed E-state index contributed by atoms with van der Waals surface area (Å²) in [7, 11) is 2.11. The molecule has 194 valence electrons. The van der Waals surface area contributed by atoms with Gasteiger partial charge in [-0.3, -0.25) is 0 Å². The van der Waals surface area contributed by atoms with Crippen molar-refractivity contribution in [2.24, 2.45) is 0 Å². The summed E-state index contributed by atoms with van der Waals surface area (Å²) >= 11 is 0. The third-order valence-electron chi connectivity index (χ3n) is 8.38. The molecule has 0 bridgehead atoms. The molecule has 2 nitrogen and oxygen atoms in total. The molecule has 1 aromatic heterocycles. The van der Waals surface area contributed by atoms with Gasteiger partial charge in [0.05, 0.1) is 11.0 Å². The van der Waals surface area contributed by atoms with Crippen LogP contribution < -0.4 is 4.90 Å². The quantitative estimate of drug-likeness (QED) is 0.222. The Labute approximate surface area is 239 Å². The molecule has 41 heavy (non-hydrogen) atoms. The van der Waals surface area contributed by atoms with Gasteiger partial charge in [0, 0.05) is 34.9 Å². The number of nitrogens with zero attached hydrogens (tertiary/aromatic N) is 2. The van der Waals surface area contributed by atoms with E-state index in [1.54, 1.807) is 0 Å². The van der Waals surface area contributed by atoms with E-state index in [0.717, 1.165) is 0 Å². The number of aromatic nitrogens is 1. The van der Waals surface area contributed by atoms with Gasteiger partial charge in [-0.1, -0.05) is 97.1 Å². The minimum atomic E-state index is 1.17. The molecule has 8 rings (SSSR count). The smallest absolute Gasteiger partial charge is 0.0547 e. The average molecular weight is 525 g/mol. The maximum absolute atomic E-state index is 2.42. The minimum absolute atomic E-state index is 1.17. The first-order valence-corrected chi connectivity index (χ1v) is 14.1. The Bertz CT molecular complexity index is 2210. The van der Waals surface area contributed by atoms with E-state index in [1.165, 1.54) is 71.5 Å². The topological polar surface area (TPSA) is 8.17 Å². The van der Waals surface area contributed by atoms with Gasteiger partial charge in [-0.15, -0.1) is 0 Å². The Hall–Kier alpha value is -5.34. The highest BCUT2D eigenvalue weighted by molar-refractivity contribution is 6.22. The predicted octanol–water partition coefficient (Wildman–Crippen LogP) is 10.5. The first-order chi connectivity index (χ1) is 20.2. The summed E-state index contributed by atoms with van der Waals surface area (Å²) in [5, 5.41) is 7.62. The van der Waals surface area contributed by atoms with E-state index in [-0.39, 0.29) is 0 Å². The SMILES string of the molecule is CN(c1ccccc1)c1ccc(-c2ccc3c(c2)c2c4ccccc4ccc2n3-c2ccc3ccccc3c2)cc1. The normalized spacial score (nSPS) is 11.5. The third-order valence-corrected chi connectivity index (χ3v) is 8.38. The number of anilines is 2. The van der Waals surface area contributed by atoms with E-state index in [9.17, 15) is 0 Å². The second-order valence-corrected chi connectivity index (χ2v) is 10.7. The fourth-order valence-electron chi connectivity index (χ4n) is 6.24. The number of hydrogen-bond donors (Lipinski definition) is 0. The molecule has 2 heteroatoms. The lowest BCUT2D eigenvalue weighted by molar-refractivity contribution is 1.19. The average Bonchev–Trinajstić information content (AvgIpc) is 3.39. The van der Waals surface area contributed by atoms with Crippen LogP contribution in [-0.2, 0) is 0 Å². The van der Waals surface area contributed by atoms with Crippen LogP contribution in [0.4, 0.5) is 11.4 Å². The largest absolute Gasteiger partial charge is 0.345 e. The molecule has 0 atom stereocenters. The maximum atomic E-state index is 2.42. The monoisotopic (exact) mass is 524 g/mol. The van der Waals surface area contributed by atoms with Gasteiger partial charge in [-0.2, -0.15) is 0 Å². The molecule has 0 unspecified atom stereocenters. The van der Waals surface area contributed by atoms with Crippen molar-refractivity contribution in [1.82, 2.24) is 4.57 Å². The van der Waals surface area contributed by atoms with Crippen LogP contribution in [0.5, 0.6) is 0 Å². The van der Waals surface area contributed by atoms with E-state index in [0.29, 0.717) is 0 Å². The Morgan fingerprint density at radius 2 is 1.07 bits per heavy atom. The van der Waals surface area contributed by atoms with Crippen LogP contribution in [0.15, 0.2) is 152 Å². The van der Waals surface area contributed by atoms with Gasteiger partial charge in [0.15, 0.2) is 0 Å². The molecule has 0 amide bonds. The molecule has 0 aliphatic carbocycles. The van der Waals surface area contributed by atoms with Crippen LogP contribution in [0.25, 0.3) is 60.2 Å². The summed E-state index contributed by atoms with van der Waals surface area (Å²) in [6.45, 7) is 0. The molecule has 0 saturated carbocycles. The lowest BCUT2D eigenvalue weighted by Crippen LogP contribution is -2.08. The van der Waals surface area contributed by atoms with Gasteiger partial charge in [0.2, 0.25) is 0 Å². The summed E-state index contributed by atoms with van der Waals surface area (Å²) in [6.07, 6.45) is 0. The molecule has 0 saturated heterocycles. The van der Waals surface area contributed by atoms with Crippen LogP contribution in [-0.4, -0.2) is 11.6 Å². The molecule has 0 aliphatic rings. The van der Waals surface area contributed by atoms with E-state index < -0.39 is 0 Å². The number of hydrogen-bond acceptors (Lipinski definition) is 1. The Morgan fingerprint density at radius 1 is 0.439 bits per heavy atom. The van der Waals surface area contributed by atoms with Crippen molar-refractivity contribution < 1.29 is 0 Å². The highest BCUT2D eigenvalue weighted by Gasteiger charge is 2.16. The van der Waals surface area contributed by atoms with Crippen molar-refractivity contribution in [3.05, 3.63) is 152 Å². The Morgan fingerprint density at radius 3 is 1.90 bits per heavy atom. The first kappa shape index (κ1) is 23.5. The molecule has 0 fully saturated rings. The van der Waals surface area contributed by atoms with Gasteiger partial charge in [0.1, 0.15) is 0 Å². The van der Waals surface area contributed by atoms with Gasteiger partial charge in [0.25, 0.3) is 0 Å². The van der Waals surface area contributed by atoms with E-state index in [4.69, 9.17) is 0 Å². The van der Waals surface area contributed by atoms with Crippen LogP contribution in [0.3, 0.4) is 0 Å². The number of benzene rings is 7. The highest BCUT2D eigenvalue weighted by atomic mass is 15.1. The second-order valence-electron chi connectivity index (χ2n) is 10.7. The minimum Gasteiger partial charge on any atom is -0.345 e. The van der Waals surface area contributed by atoms with Gasteiger partial charge in [-0.05, 0) is 87.3 Å². The number of fused-ring (bicyclic) bond motifs is 6. The summed E-state index contributed by atoms with van der Waals surface area (Å²) in [5.74, 6) is 0. The summed E-state index contributed by atoms with van der Waals surface area (Å²) in [6, 6.07) is 54.9.